The van der Waals surface area contributed by atoms with Gasteiger partial charge in [-0.1, -0.05) is 18.2 Å². The number of nitrogens with one attached hydrogen (secondary N) is 1. The Morgan fingerprint density at radius 1 is 1.48 bits per heavy atom. The molecule has 1 fully saturated rings. The molecule has 1 heterocycles. The summed E-state index contributed by atoms with van der Waals surface area (Å²) in [6.07, 6.45) is -3.98. The second-order valence-corrected chi connectivity index (χ2v) is 4.76. The fourth-order valence-corrected chi connectivity index (χ4v) is 2.02. The summed E-state index contributed by atoms with van der Waals surface area (Å²) in [5, 5.41) is 11.7. The van der Waals surface area contributed by atoms with Crippen molar-refractivity contribution in [2.24, 2.45) is 0 Å². The van der Waals surface area contributed by atoms with Crippen LogP contribution in [0.25, 0.3) is 0 Å². The van der Waals surface area contributed by atoms with E-state index in [4.69, 9.17) is 4.74 Å². The maximum atomic E-state index is 13.6. The number of amides is 1. The van der Waals surface area contributed by atoms with Crippen molar-refractivity contribution in [3.63, 3.8) is 0 Å². The van der Waals surface area contributed by atoms with Crippen LogP contribution in [0, 0.1) is 0 Å². The highest BCUT2D eigenvalue weighted by Gasteiger charge is 2.42. The molecule has 2 atom stereocenters. The van der Waals surface area contributed by atoms with E-state index in [0.29, 0.717) is 13.0 Å². The zero-order valence-electron chi connectivity index (χ0n) is 11.3. The van der Waals surface area contributed by atoms with Gasteiger partial charge < -0.3 is 19.9 Å². The first-order valence-electron chi connectivity index (χ1n) is 6.69. The van der Waals surface area contributed by atoms with E-state index in [0.717, 1.165) is 6.42 Å². The second kappa shape index (κ2) is 6.82. The average molecular weight is 301 g/mol. The third-order valence-corrected chi connectivity index (χ3v) is 3.12. The van der Waals surface area contributed by atoms with Crippen molar-refractivity contribution in [3.8, 4) is 5.75 Å². The highest BCUT2D eigenvalue weighted by Crippen LogP contribution is 2.21. The molecule has 0 bridgehead atoms. The quantitative estimate of drug-likeness (QED) is 0.831. The Kier molecular flexibility index (Phi) is 5.08. The lowest BCUT2D eigenvalue weighted by atomic mass is 10.1. The number of benzene rings is 1. The molecule has 0 saturated carbocycles. The molecule has 2 unspecified atom stereocenters. The first-order chi connectivity index (χ1) is 9.99. The number of rotatable bonds is 6. The molecule has 21 heavy (non-hydrogen) atoms. The van der Waals surface area contributed by atoms with Gasteiger partial charge in [-0.25, -0.2) is 0 Å². The number of aliphatic hydroxyl groups is 1. The Bertz CT molecular complexity index is 463. The Balaban J connectivity index is 1.83. The topological polar surface area (TPSA) is 67.8 Å². The predicted octanol–water partition coefficient (Wildman–Crippen LogP) is 1.31. The predicted molar refractivity (Wildman–Crippen MR) is 70.0 cm³/mol. The highest BCUT2D eigenvalue weighted by atomic mass is 19.3. The van der Waals surface area contributed by atoms with Gasteiger partial charge in [0.05, 0.1) is 12.2 Å². The molecule has 0 radical (unpaired) electrons. The van der Waals surface area contributed by atoms with Gasteiger partial charge in [0, 0.05) is 13.2 Å². The summed E-state index contributed by atoms with van der Waals surface area (Å²) in [5.74, 6) is -1.71. The molecule has 1 aromatic rings. The van der Waals surface area contributed by atoms with Crippen LogP contribution >= 0.6 is 0 Å². The molecular weight excluding hydrogens is 284 g/mol. The van der Waals surface area contributed by atoms with Crippen LogP contribution in [-0.2, 0) is 9.53 Å². The number of para-hydroxylation sites is 1. The zero-order chi connectivity index (χ0) is 15.3. The molecule has 1 aliphatic rings. The summed E-state index contributed by atoms with van der Waals surface area (Å²) in [4.78, 5) is 11.5. The van der Waals surface area contributed by atoms with Crippen LogP contribution in [0.3, 0.4) is 0 Å². The van der Waals surface area contributed by atoms with E-state index < -0.39 is 24.2 Å². The summed E-state index contributed by atoms with van der Waals surface area (Å²) in [5.41, 5.74) is 0. The highest BCUT2D eigenvalue weighted by molar-refractivity contribution is 5.82. The van der Waals surface area contributed by atoms with Crippen LogP contribution in [0.15, 0.2) is 30.3 Å². The number of halogens is 2. The standard InChI is InChI=1S/C14H17F2NO4/c15-14(16,21-10-5-2-1-3-6-10)13(19)17-9-11(18)12-7-4-8-20-12/h1-3,5-6,11-12,18H,4,7-9H2,(H,17,19). The van der Waals surface area contributed by atoms with E-state index >= 15 is 0 Å². The lowest BCUT2D eigenvalue weighted by Crippen LogP contribution is -2.48. The molecule has 1 aromatic carbocycles. The minimum absolute atomic E-state index is 0.114. The van der Waals surface area contributed by atoms with E-state index in [1.54, 1.807) is 6.07 Å². The number of aliphatic hydroxyl groups excluding tert-OH is 1. The van der Waals surface area contributed by atoms with E-state index in [9.17, 15) is 18.7 Å². The van der Waals surface area contributed by atoms with Crippen LogP contribution in [0.1, 0.15) is 12.8 Å². The second-order valence-electron chi connectivity index (χ2n) is 4.76. The van der Waals surface area contributed by atoms with E-state index in [1.165, 1.54) is 24.3 Å². The summed E-state index contributed by atoms with van der Waals surface area (Å²) in [6.45, 7) is 0.222. The number of alkyl halides is 2. The van der Waals surface area contributed by atoms with Gasteiger partial charge in [0.2, 0.25) is 0 Å². The first kappa shape index (κ1) is 15.7. The summed E-state index contributed by atoms with van der Waals surface area (Å²) < 4.78 is 36.7. The number of ether oxygens (including phenoxy) is 2. The molecule has 2 N–H and O–H groups in total. The fourth-order valence-electron chi connectivity index (χ4n) is 2.02. The van der Waals surface area contributed by atoms with Crippen molar-refractivity contribution in [1.82, 2.24) is 5.32 Å². The monoisotopic (exact) mass is 301 g/mol. The molecule has 1 aliphatic heterocycles. The van der Waals surface area contributed by atoms with Gasteiger partial charge in [0.25, 0.3) is 0 Å². The van der Waals surface area contributed by atoms with Gasteiger partial charge in [-0.15, -0.1) is 0 Å². The largest absolute Gasteiger partial charge is 0.482 e. The maximum Gasteiger partial charge on any atom is 0.482 e. The number of hydrogen-bond acceptors (Lipinski definition) is 4. The van der Waals surface area contributed by atoms with Crippen molar-refractivity contribution < 1.29 is 28.2 Å². The van der Waals surface area contributed by atoms with Crippen molar-refractivity contribution in [2.45, 2.75) is 31.2 Å². The third-order valence-electron chi connectivity index (χ3n) is 3.12. The number of carbonyl (C=O) groups is 1. The van der Waals surface area contributed by atoms with Gasteiger partial charge in [-0.2, -0.15) is 8.78 Å². The molecule has 2 rings (SSSR count). The van der Waals surface area contributed by atoms with E-state index in [1.807, 2.05) is 5.32 Å². The molecule has 0 spiro atoms. The Morgan fingerprint density at radius 2 is 2.19 bits per heavy atom. The molecule has 0 aliphatic carbocycles. The number of carbonyl (C=O) groups excluding carboxylic acids is 1. The molecule has 1 saturated heterocycles. The van der Waals surface area contributed by atoms with Gasteiger partial charge in [0.15, 0.2) is 0 Å². The van der Waals surface area contributed by atoms with Gasteiger partial charge >= 0.3 is 12.0 Å². The molecule has 116 valence electrons. The smallest absolute Gasteiger partial charge is 0.425 e. The van der Waals surface area contributed by atoms with Crippen LogP contribution < -0.4 is 10.1 Å². The number of hydrogen-bond donors (Lipinski definition) is 2. The SMILES string of the molecule is O=C(NCC(O)C1CCCO1)C(F)(F)Oc1ccccc1. The van der Waals surface area contributed by atoms with Crippen molar-refractivity contribution >= 4 is 5.91 Å². The summed E-state index contributed by atoms with van der Waals surface area (Å²) in [7, 11) is 0. The molecule has 0 aromatic heterocycles. The van der Waals surface area contributed by atoms with Crippen molar-refractivity contribution in [1.29, 1.82) is 0 Å². The van der Waals surface area contributed by atoms with Gasteiger partial charge in [-0.05, 0) is 25.0 Å². The Morgan fingerprint density at radius 3 is 2.81 bits per heavy atom. The summed E-state index contributed by atoms with van der Waals surface area (Å²) >= 11 is 0. The van der Waals surface area contributed by atoms with Crippen molar-refractivity contribution in [3.05, 3.63) is 30.3 Å². The molecule has 5 nitrogen and oxygen atoms in total. The van der Waals surface area contributed by atoms with Crippen LogP contribution in [-0.4, -0.2) is 42.5 Å². The summed E-state index contributed by atoms with van der Waals surface area (Å²) in [6, 6.07) is 7.32. The lowest BCUT2D eigenvalue weighted by Gasteiger charge is -2.20. The molecule has 7 heteroatoms. The Hall–Kier alpha value is -1.73. The van der Waals surface area contributed by atoms with Crippen LogP contribution in [0.5, 0.6) is 5.75 Å². The molecular formula is C14H17F2NO4. The van der Waals surface area contributed by atoms with Gasteiger partial charge in [0.1, 0.15) is 5.75 Å². The fraction of sp³-hybridized carbons (Fsp3) is 0.500. The maximum absolute atomic E-state index is 13.6. The first-order valence-corrected chi connectivity index (χ1v) is 6.69. The minimum atomic E-state index is -4.00. The minimum Gasteiger partial charge on any atom is -0.425 e. The van der Waals surface area contributed by atoms with E-state index in [-0.39, 0.29) is 12.3 Å². The zero-order valence-corrected chi connectivity index (χ0v) is 11.3. The Labute approximate surface area is 120 Å². The van der Waals surface area contributed by atoms with E-state index in [2.05, 4.69) is 4.74 Å². The third kappa shape index (κ3) is 4.37. The molecule has 1 amide bonds. The van der Waals surface area contributed by atoms with Crippen LogP contribution in [0.4, 0.5) is 8.78 Å². The van der Waals surface area contributed by atoms with Crippen molar-refractivity contribution in [2.75, 3.05) is 13.2 Å². The average Bonchev–Trinajstić information content (AvgIpc) is 2.99. The lowest BCUT2D eigenvalue weighted by molar-refractivity contribution is -0.193. The van der Waals surface area contributed by atoms with Gasteiger partial charge in [-0.3, -0.25) is 4.79 Å². The normalized spacial score (nSPS) is 20.0. The van der Waals surface area contributed by atoms with Crippen LogP contribution in [0.2, 0.25) is 0 Å².